The number of hydrogen-bond donors (Lipinski definition) is 1. The molecule has 0 atom stereocenters. The SMILES string of the molecule is CCCc1cc(CNC2CC2)cc(N2CCOCC2)n1. The first-order chi connectivity index (χ1) is 9.85. The van der Waals surface area contributed by atoms with Crippen molar-refractivity contribution in [1.29, 1.82) is 0 Å². The molecule has 0 aromatic carbocycles. The van der Waals surface area contributed by atoms with Gasteiger partial charge in [-0.25, -0.2) is 4.98 Å². The van der Waals surface area contributed by atoms with Gasteiger partial charge in [-0.2, -0.15) is 0 Å². The summed E-state index contributed by atoms with van der Waals surface area (Å²) in [5, 5.41) is 3.60. The number of anilines is 1. The van der Waals surface area contributed by atoms with Crippen LogP contribution in [0, 0.1) is 0 Å². The fourth-order valence-electron chi connectivity index (χ4n) is 2.62. The number of morpholine rings is 1. The predicted molar refractivity (Wildman–Crippen MR) is 81.1 cm³/mol. The molecule has 1 aliphatic carbocycles. The maximum absolute atomic E-state index is 5.43. The third-order valence-corrected chi connectivity index (χ3v) is 3.94. The van der Waals surface area contributed by atoms with Gasteiger partial charge in [-0.15, -0.1) is 0 Å². The van der Waals surface area contributed by atoms with Crippen molar-refractivity contribution in [3.05, 3.63) is 23.4 Å². The molecule has 20 heavy (non-hydrogen) atoms. The van der Waals surface area contributed by atoms with Crippen molar-refractivity contribution < 1.29 is 4.74 Å². The van der Waals surface area contributed by atoms with E-state index in [4.69, 9.17) is 9.72 Å². The third-order valence-electron chi connectivity index (χ3n) is 3.94. The lowest BCUT2D eigenvalue weighted by Crippen LogP contribution is -2.37. The van der Waals surface area contributed by atoms with E-state index in [0.717, 1.165) is 57.5 Å². The van der Waals surface area contributed by atoms with E-state index in [1.165, 1.54) is 24.1 Å². The molecule has 0 amide bonds. The predicted octanol–water partition coefficient (Wildman–Crippen LogP) is 2.12. The average Bonchev–Trinajstić information content (AvgIpc) is 3.30. The summed E-state index contributed by atoms with van der Waals surface area (Å²) in [6.07, 6.45) is 4.89. The van der Waals surface area contributed by atoms with E-state index in [9.17, 15) is 0 Å². The van der Waals surface area contributed by atoms with Crippen molar-refractivity contribution >= 4 is 5.82 Å². The molecule has 1 N–H and O–H groups in total. The second-order valence-corrected chi connectivity index (χ2v) is 5.83. The van der Waals surface area contributed by atoms with E-state index >= 15 is 0 Å². The third kappa shape index (κ3) is 3.70. The summed E-state index contributed by atoms with van der Waals surface area (Å²) >= 11 is 0. The zero-order valence-electron chi connectivity index (χ0n) is 12.4. The minimum absolute atomic E-state index is 0.754. The van der Waals surface area contributed by atoms with Crippen LogP contribution in [-0.2, 0) is 17.7 Å². The summed E-state index contributed by atoms with van der Waals surface area (Å²) in [5.41, 5.74) is 2.60. The molecule has 3 rings (SSSR count). The number of aryl methyl sites for hydroxylation is 1. The summed E-state index contributed by atoms with van der Waals surface area (Å²) < 4.78 is 5.43. The lowest BCUT2D eigenvalue weighted by molar-refractivity contribution is 0.122. The van der Waals surface area contributed by atoms with Crippen molar-refractivity contribution in [3.63, 3.8) is 0 Å². The highest BCUT2D eigenvalue weighted by Gasteiger charge is 2.20. The molecule has 2 heterocycles. The molecule has 1 aliphatic heterocycles. The number of aromatic nitrogens is 1. The highest BCUT2D eigenvalue weighted by Crippen LogP contribution is 2.21. The van der Waals surface area contributed by atoms with Gasteiger partial charge < -0.3 is 15.0 Å². The quantitative estimate of drug-likeness (QED) is 0.863. The number of ether oxygens (including phenoxy) is 1. The maximum Gasteiger partial charge on any atom is 0.129 e. The first kappa shape index (κ1) is 13.8. The number of pyridine rings is 1. The van der Waals surface area contributed by atoms with Crippen LogP contribution in [0.2, 0.25) is 0 Å². The number of hydrogen-bond acceptors (Lipinski definition) is 4. The summed E-state index contributed by atoms with van der Waals surface area (Å²) in [5.74, 6) is 1.13. The van der Waals surface area contributed by atoms with Crippen LogP contribution >= 0.6 is 0 Å². The largest absolute Gasteiger partial charge is 0.378 e. The van der Waals surface area contributed by atoms with Crippen LogP contribution in [-0.4, -0.2) is 37.3 Å². The Balaban J connectivity index is 1.74. The van der Waals surface area contributed by atoms with E-state index in [2.05, 4.69) is 29.3 Å². The van der Waals surface area contributed by atoms with E-state index in [1.54, 1.807) is 0 Å². The van der Waals surface area contributed by atoms with E-state index in [-0.39, 0.29) is 0 Å². The first-order valence-corrected chi connectivity index (χ1v) is 7.91. The van der Waals surface area contributed by atoms with Crippen LogP contribution in [0.15, 0.2) is 12.1 Å². The average molecular weight is 275 g/mol. The summed E-state index contributed by atoms with van der Waals surface area (Å²) in [6, 6.07) is 5.27. The molecule has 0 radical (unpaired) electrons. The Morgan fingerprint density at radius 1 is 1.30 bits per heavy atom. The Kier molecular flexibility index (Phi) is 4.53. The zero-order valence-corrected chi connectivity index (χ0v) is 12.4. The van der Waals surface area contributed by atoms with E-state index in [0.29, 0.717) is 0 Å². The molecule has 1 aromatic heterocycles. The van der Waals surface area contributed by atoms with E-state index < -0.39 is 0 Å². The van der Waals surface area contributed by atoms with Crippen LogP contribution in [0.4, 0.5) is 5.82 Å². The normalized spacial score (nSPS) is 19.4. The van der Waals surface area contributed by atoms with Crippen molar-refractivity contribution in [1.82, 2.24) is 10.3 Å². The molecule has 1 saturated heterocycles. The Bertz CT molecular complexity index is 439. The Labute approximate surface area is 121 Å². The van der Waals surface area contributed by atoms with Gasteiger partial charge >= 0.3 is 0 Å². The van der Waals surface area contributed by atoms with Gasteiger partial charge in [0.25, 0.3) is 0 Å². The van der Waals surface area contributed by atoms with Crippen molar-refractivity contribution in [2.75, 3.05) is 31.2 Å². The highest BCUT2D eigenvalue weighted by atomic mass is 16.5. The second kappa shape index (κ2) is 6.55. The topological polar surface area (TPSA) is 37.4 Å². The van der Waals surface area contributed by atoms with Crippen LogP contribution in [0.1, 0.15) is 37.4 Å². The van der Waals surface area contributed by atoms with Crippen LogP contribution in [0.5, 0.6) is 0 Å². The Morgan fingerprint density at radius 2 is 2.10 bits per heavy atom. The minimum atomic E-state index is 0.754. The standard InChI is InChI=1S/C16H25N3O/c1-2-3-15-10-13(12-17-14-4-5-14)11-16(18-15)19-6-8-20-9-7-19/h10-11,14,17H,2-9,12H2,1H3. The van der Waals surface area contributed by atoms with Crippen molar-refractivity contribution in [3.8, 4) is 0 Å². The second-order valence-electron chi connectivity index (χ2n) is 5.83. The molecule has 0 spiro atoms. The molecule has 0 unspecified atom stereocenters. The number of rotatable bonds is 6. The van der Waals surface area contributed by atoms with Crippen molar-refractivity contribution in [2.45, 2.75) is 45.2 Å². The molecule has 1 saturated carbocycles. The summed E-state index contributed by atoms with van der Waals surface area (Å²) in [4.78, 5) is 7.18. The van der Waals surface area contributed by atoms with Gasteiger partial charge in [0.1, 0.15) is 5.82 Å². The Morgan fingerprint density at radius 3 is 2.80 bits per heavy atom. The van der Waals surface area contributed by atoms with Gasteiger partial charge in [0, 0.05) is 31.4 Å². The molecule has 2 aliphatic rings. The summed E-state index contributed by atoms with van der Waals surface area (Å²) in [7, 11) is 0. The van der Waals surface area contributed by atoms with Crippen LogP contribution in [0.3, 0.4) is 0 Å². The molecule has 110 valence electrons. The first-order valence-electron chi connectivity index (χ1n) is 7.91. The van der Waals surface area contributed by atoms with Crippen molar-refractivity contribution in [2.24, 2.45) is 0 Å². The lowest BCUT2D eigenvalue weighted by Gasteiger charge is -2.28. The van der Waals surface area contributed by atoms with Gasteiger partial charge in [0.05, 0.1) is 13.2 Å². The summed E-state index contributed by atoms with van der Waals surface area (Å²) in [6.45, 7) is 6.73. The van der Waals surface area contributed by atoms with Crippen LogP contribution < -0.4 is 10.2 Å². The van der Waals surface area contributed by atoms with Gasteiger partial charge in [-0.3, -0.25) is 0 Å². The highest BCUT2D eigenvalue weighted by molar-refractivity contribution is 5.43. The number of nitrogens with one attached hydrogen (secondary N) is 1. The van der Waals surface area contributed by atoms with Gasteiger partial charge in [-0.1, -0.05) is 13.3 Å². The molecule has 4 nitrogen and oxygen atoms in total. The van der Waals surface area contributed by atoms with Gasteiger partial charge in [-0.05, 0) is 37.0 Å². The molecule has 4 heteroatoms. The molecule has 0 bridgehead atoms. The van der Waals surface area contributed by atoms with Gasteiger partial charge in [0.2, 0.25) is 0 Å². The Hall–Kier alpha value is -1.13. The molecular formula is C16H25N3O. The molecule has 1 aromatic rings. The fourth-order valence-corrected chi connectivity index (χ4v) is 2.62. The van der Waals surface area contributed by atoms with E-state index in [1.807, 2.05) is 0 Å². The monoisotopic (exact) mass is 275 g/mol. The fraction of sp³-hybridized carbons (Fsp3) is 0.688. The number of nitrogens with zero attached hydrogens (tertiary/aromatic N) is 2. The van der Waals surface area contributed by atoms with Crippen LogP contribution in [0.25, 0.3) is 0 Å². The minimum Gasteiger partial charge on any atom is -0.378 e. The zero-order chi connectivity index (χ0) is 13.8. The smallest absolute Gasteiger partial charge is 0.129 e. The molecule has 2 fully saturated rings. The molecular weight excluding hydrogens is 250 g/mol. The lowest BCUT2D eigenvalue weighted by atomic mass is 10.1. The van der Waals surface area contributed by atoms with Gasteiger partial charge in [0.15, 0.2) is 0 Å². The maximum atomic E-state index is 5.43.